The zero-order valence-corrected chi connectivity index (χ0v) is 19.0. The molecule has 1 N–H and O–H groups in total. The molecule has 0 aliphatic rings. The Morgan fingerprint density at radius 3 is 1.58 bits per heavy atom. The molecule has 0 aromatic rings. The number of aliphatic hydroxyl groups is 1. The topological polar surface area (TPSA) is 77.4 Å². The fourth-order valence-electron chi connectivity index (χ4n) is 3.05. The van der Waals surface area contributed by atoms with Crippen molar-refractivity contribution in [2.24, 2.45) is 0 Å². The van der Waals surface area contributed by atoms with Gasteiger partial charge in [0.2, 0.25) is 0 Å². The Labute approximate surface area is 172 Å². The van der Waals surface area contributed by atoms with Gasteiger partial charge < -0.3 is 9.66 Å². The van der Waals surface area contributed by atoms with Crippen molar-refractivity contribution in [2.45, 2.75) is 115 Å². The van der Waals surface area contributed by atoms with Gasteiger partial charge in [-0.3, -0.25) is 0 Å². The Kier molecular flexibility index (Phi) is 19.5. The molecule has 0 amide bonds. The Morgan fingerprint density at radius 1 is 0.750 bits per heavy atom. The SMILES string of the molecule is CCCC(O)CCCCCCCCCCC(CCC)S(=O)(=O)[O-].[Na+]. The number of unbranched alkanes of at least 4 members (excludes halogenated alkanes) is 7. The van der Waals surface area contributed by atoms with E-state index in [1.807, 2.05) is 6.92 Å². The molecule has 0 spiro atoms. The van der Waals surface area contributed by atoms with Gasteiger partial charge in [-0.15, -0.1) is 0 Å². The van der Waals surface area contributed by atoms with Gasteiger partial charge in [-0.05, 0) is 25.7 Å². The first-order chi connectivity index (χ1) is 10.9. The van der Waals surface area contributed by atoms with Gasteiger partial charge in [0.05, 0.1) is 16.2 Å². The van der Waals surface area contributed by atoms with E-state index in [9.17, 15) is 18.1 Å². The smallest absolute Gasteiger partial charge is 0.748 e. The van der Waals surface area contributed by atoms with Crippen molar-refractivity contribution < 1.29 is 47.6 Å². The molecule has 6 heteroatoms. The van der Waals surface area contributed by atoms with Crippen LogP contribution in [0, 0.1) is 0 Å². The first-order valence-corrected chi connectivity index (χ1v) is 11.0. The van der Waals surface area contributed by atoms with Crippen LogP contribution < -0.4 is 29.6 Å². The molecule has 0 aliphatic carbocycles. The standard InChI is InChI=1S/C18H38O4S.Na/c1-3-13-17(19)15-11-9-7-5-6-8-10-12-16-18(14-4-2)23(20,21)22;/h17-19H,3-16H2,1-2H3,(H,20,21,22);/q;+1/p-1. The molecule has 0 saturated heterocycles. The van der Waals surface area contributed by atoms with Gasteiger partial charge in [0.15, 0.2) is 0 Å². The molecule has 0 aromatic carbocycles. The third-order valence-corrected chi connectivity index (χ3v) is 5.74. The van der Waals surface area contributed by atoms with E-state index < -0.39 is 15.4 Å². The molecule has 4 nitrogen and oxygen atoms in total. The number of hydrogen-bond acceptors (Lipinski definition) is 4. The van der Waals surface area contributed by atoms with Crippen LogP contribution in [0.5, 0.6) is 0 Å². The minimum atomic E-state index is -4.12. The summed E-state index contributed by atoms with van der Waals surface area (Å²) in [6.45, 7) is 4.01. The molecule has 0 heterocycles. The molecule has 0 fully saturated rings. The Balaban J connectivity index is 0. The van der Waals surface area contributed by atoms with Crippen LogP contribution in [0.3, 0.4) is 0 Å². The van der Waals surface area contributed by atoms with Crippen molar-refractivity contribution in [2.75, 3.05) is 0 Å². The second kappa shape index (κ2) is 17.3. The fourth-order valence-corrected chi connectivity index (χ4v) is 4.02. The van der Waals surface area contributed by atoms with Gasteiger partial charge in [0, 0.05) is 5.25 Å². The third-order valence-electron chi connectivity index (χ3n) is 4.45. The predicted octanol–water partition coefficient (Wildman–Crippen LogP) is 1.77. The quantitative estimate of drug-likeness (QED) is 0.254. The van der Waals surface area contributed by atoms with E-state index >= 15 is 0 Å². The maximum absolute atomic E-state index is 11.1. The van der Waals surface area contributed by atoms with Crippen LogP contribution in [0.2, 0.25) is 0 Å². The Hall–Kier alpha value is 0.870. The molecule has 0 bridgehead atoms. The average molecular weight is 373 g/mol. The van der Waals surface area contributed by atoms with Gasteiger partial charge in [-0.25, -0.2) is 8.42 Å². The molecule has 0 aromatic heterocycles. The summed E-state index contributed by atoms with van der Waals surface area (Å²) in [6, 6.07) is 0. The van der Waals surface area contributed by atoms with E-state index in [1.165, 1.54) is 25.7 Å². The van der Waals surface area contributed by atoms with Gasteiger partial charge in [-0.2, -0.15) is 0 Å². The first kappa shape index (κ1) is 27.1. The van der Waals surface area contributed by atoms with Crippen molar-refractivity contribution in [3.8, 4) is 0 Å². The van der Waals surface area contributed by atoms with E-state index in [2.05, 4.69) is 6.92 Å². The summed E-state index contributed by atoms with van der Waals surface area (Å²) >= 11 is 0. The molecule has 0 rings (SSSR count). The third kappa shape index (κ3) is 16.3. The fraction of sp³-hybridized carbons (Fsp3) is 1.00. The summed E-state index contributed by atoms with van der Waals surface area (Å²) in [4.78, 5) is 0. The normalized spacial score (nSPS) is 14.2. The average Bonchev–Trinajstić information content (AvgIpc) is 2.47. The maximum atomic E-state index is 11.1. The predicted molar refractivity (Wildman–Crippen MR) is 95.5 cm³/mol. The van der Waals surface area contributed by atoms with Crippen LogP contribution in [0.1, 0.15) is 104 Å². The van der Waals surface area contributed by atoms with E-state index in [0.717, 1.165) is 51.4 Å². The summed E-state index contributed by atoms with van der Waals surface area (Å²) in [5.74, 6) is 0. The van der Waals surface area contributed by atoms with E-state index in [4.69, 9.17) is 0 Å². The molecule has 0 radical (unpaired) electrons. The first-order valence-electron chi connectivity index (χ1n) is 9.54. The molecule has 24 heavy (non-hydrogen) atoms. The summed E-state index contributed by atoms with van der Waals surface area (Å²) < 4.78 is 33.3. The van der Waals surface area contributed by atoms with Crippen molar-refractivity contribution in [1.29, 1.82) is 0 Å². The van der Waals surface area contributed by atoms with Crippen LogP contribution in [-0.4, -0.2) is 29.4 Å². The molecule has 2 unspecified atom stereocenters. The zero-order valence-electron chi connectivity index (χ0n) is 16.1. The molecule has 0 aliphatic heterocycles. The van der Waals surface area contributed by atoms with Gasteiger partial charge in [0.25, 0.3) is 0 Å². The monoisotopic (exact) mass is 372 g/mol. The molecule has 2 atom stereocenters. The zero-order chi connectivity index (χ0) is 17.6. The number of aliphatic hydroxyl groups excluding tert-OH is 1. The second-order valence-electron chi connectivity index (χ2n) is 6.75. The summed E-state index contributed by atoms with van der Waals surface area (Å²) in [5.41, 5.74) is 0. The number of rotatable bonds is 16. The molecular weight excluding hydrogens is 335 g/mol. The summed E-state index contributed by atoms with van der Waals surface area (Å²) in [5, 5.41) is 8.95. The van der Waals surface area contributed by atoms with E-state index in [-0.39, 0.29) is 35.7 Å². The Bertz CT molecular complexity index is 360. The van der Waals surface area contributed by atoms with Crippen LogP contribution in [0.15, 0.2) is 0 Å². The maximum Gasteiger partial charge on any atom is 1.00 e. The largest absolute Gasteiger partial charge is 1.00 e. The van der Waals surface area contributed by atoms with Crippen molar-refractivity contribution in [1.82, 2.24) is 0 Å². The van der Waals surface area contributed by atoms with Gasteiger partial charge in [0.1, 0.15) is 0 Å². The van der Waals surface area contributed by atoms with Crippen LogP contribution >= 0.6 is 0 Å². The minimum absolute atomic E-state index is 0. The second-order valence-corrected chi connectivity index (χ2v) is 8.40. The van der Waals surface area contributed by atoms with Crippen molar-refractivity contribution in [3.05, 3.63) is 0 Å². The molecule has 140 valence electrons. The van der Waals surface area contributed by atoms with Crippen molar-refractivity contribution in [3.63, 3.8) is 0 Å². The van der Waals surface area contributed by atoms with Crippen LogP contribution in [-0.2, 0) is 10.1 Å². The summed E-state index contributed by atoms with van der Waals surface area (Å²) in [7, 11) is -4.12. The van der Waals surface area contributed by atoms with E-state index in [0.29, 0.717) is 12.8 Å². The molecular formula is C18H37NaO4S. The van der Waals surface area contributed by atoms with Gasteiger partial charge >= 0.3 is 29.6 Å². The van der Waals surface area contributed by atoms with Gasteiger partial charge in [-0.1, -0.05) is 78.1 Å². The van der Waals surface area contributed by atoms with Crippen molar-refractivity contribution >= 4 is 10.1 Å². The number of hydrogen-bond donors (Lipinski definition) is 1. The minimum Gasteiger partial charge on any atom is -0.748 e. The van der Waals surface area contributed by atoms with E-state index in [1.54, 1.807) is 0 Å². The Morgan fingerprint density at radius 2 is 1.17 bits per heavy atom. The van der Waals surface area contributed by atoms with Crippen LogP contribution in [0.4, 0.5) is 0 Å². The summed E-state index contributed by atoms with van der Waals surface area (Å²) in [6.07, 6.45) is 13.4. The van der Waals surface area contributed by atoms with Crippen LogP contribution in [0.25, 0.3) is 0 Å². The molecule has 0 saturated carbocycles.